The number of oxime groups is 1. The first kappa shape index (κ1) is 14.4. The zero-order valence-electron chi connectivity index (χ0n) is 12.8. The normalized spacial score (nSPS) is 20.6. The highest BCUT2D eigenvalue weighted by atomic mass is 16.7. The third-order valence-corrected chi connectivity index (χ3v) is 3.63. The number of aromatic nitrogens is 2. The maximum atomic E-state index is 12.2. The van der Waals surface area contributed by atoms with E-state index in [1.54, 1.807) is 14.0 Å². The lowest BCUT2D eigenvalue weighted by atomic mass is 9.99. The number of methoxy groups -OCH3 is 1. The molecule has 0 bridgehead atoms. The lowest BCUT2D eigenvalue weighted by Gasteiger charge is -2.19. The number of hydrogen-bond donors (Lipinski definition) is 2. The second kappa shape index (κ2) is 5.32. The Bertz CT molecular complexity index is 752. The molecule has 2 aromatic rings. The highest BCUT2D eigenvalue weighted by Crippen LogP contribution is 2.23. The summed E-state index contributed by atoms with van der Waals surface area (Å²) in [6.07, 6.45) is 0.496. The quantitative estimate of drug-likeness (QED) is 0.900. The van der Waals surface area contributed by atoms with Crippen LogP contribution < -0.4 is 10.1 Å². The van der Waals surface area contributed by atoms with E-state index in [4.69, 9.17) is 9.57 Å². The zero-order valence-corrected chi connectivity index (χ0v) is 12.8. The SMILES string of the molecule is COc1ccc2nc(CNC(=O)C3(C)CC(C)=NO3)[nH]c2c1. The molecule has 3 rings (SSSR count). The number of hydrogen-bond acceptors (Lipinski definition) is 5. The molecular weight excluding hydrogens is 284 g/mol. The molecule has 1 unspecified atom stereocenters. The first-order chi connectivity index (χ1) is 10.5. The number of nitrogens with zero attached hydrogens (tertiary/aromatic N) is 2. The van der Waals surface area contributed by atoms with Crippen molar-refractivity contribution >= 4 is 22.7 Å². The summed E-state index contributed by atoms with van der Waals surface area (Å²) in [7, 11) is 1.62. The van der Waals surface area contributed by atoms with Gasteiger partial charge in [-0.25, -0.2) is 4.98 Å². The number of ether oxygens (including phenoxy) is 1. The number of H-pyrrole nitrogens is 1. The number of nitrogens with one attached hydrogen (secondary N) is 2. The van der Waals surface area contributed by atoms with Gasteiger partial charge in [-0.1, -0.05) is 5.16 Å². The number of imidazole rings is 1. The summed E-state index contributed by atoms with van der Waals surface area (Å²) in [4.78, 5) is 25.0. The van der Waals surface area contributed by atoms with Gasteiger partial charge in [-0.3, -0.25) is 4.79 Å². The highest BCUT2D eigenvalue weighted by molar-refractivity contribution is 5.94. The maximum Gasteiger partial charge on any atom is 0.267 e. The van der Waals surface area contributed by atoms with Crippen LogP contribution in [0.25, 0.3) is 11.0 Å². The van der Waals surface area contributed by atoms with E-state index in [-0.39, 0.29) is 5.91 Å². The van der Waals surface area contributed by atoms with E-state index in [9.17, 15) is 4.79 Å². The Morgan fingerprint density at radius 3 is 3.05 bits per heavy atom. The standard InChI is InChI=1S/C15H18N4O3/c1-9-7-15(2,22-19-9)14(20)16-8-13-17-11-5-4-10(21-3)6-12(11)18-13/h4-6H,7-8H2,1-3H3,(H,16,20)(H,17,18). The van der Waals surface area contributed by atoms with Crippen LogP contribution in [0.2, 0.25) is 0 Å². The fourth-order valence-electron chi connectivity index (χ4n) is 2.46. The molecule has 116 valence electrons. The van der Waals surface area contributed by atoms with Gasteiger partial charge < -0.3 is 19.9 Å². The third-order valence-electron chi connectivity index (χ3n) is 3.63. The Hall–Kier alpha value is -2.57. The third kappa shape index (κ3) is 2.61. The molecule has 0 saturated carbocycles. The molecule has 0 spiro atoms. The number of benzene rings is 1. The van der Waals surface area contributed by atoms with Crippen molar-refractivity contribution in [3.8, 4) is 5.75 Å². The number of aromatic amines is 1. The highest BCUT2D eigenvalue weighted by Gasteiger charge is 2.40. The van der Waals surface area contributed by atoms with Crippen molar-refractivity contribution < 1.29 is 14.4 Å². The van der Waals surface area contributed by atoms with Crippen molar-refractivity contribution in [2.75, 3.05) is 7.11 Å². The van der Waals surface area contributed by atoms with E-state index in [2.05, 4.69) is 20.4 Å². The van der Waals surface area contributed by atoms with E-state index < -0.39 is 5.60 Å². The predicted molar refractivity (Wildman–Crippen MR) is 81.7 cm³/mol. The van der Waals surface area contributed by atoms with Gasteiger partial charge in [0.1, 0.15) is 11.6 Å². The van der Waals surface area contributed by atoms with Gasteiger partial charge in [0.25, 0.3) is 5.91 Å². The monoisotopic (exact) mass is 302 g/mol. The fourth-order valence-corrected chi connectivity index (χ4v) is 2.46. The zero-order chi connectivity index (χ0) is 15.7. The van der Waals surface area contributed by atoms with Crippen molar-refractivity contribution in [1.29, 1.82) is 0 Å². The average Bonchev–Trinajstić information content (AvgIpc) is 3.07. The Kier molecular flexibility index (Phi) is 3.48. The number of fused-ring (bicyclic) bond motifs is 1. The van der Waals surface area contributed by atoms with Crippen LogP contribution >= 0.6 is 0 Å². The lowest BCUT2D eigenvalue weighted by Crippen LogP contribution is -2.44. The minimum atomic E-state index is -0.931. The summed E-state index contributed by atoms with van der Waals surface area (Å²) in [5.41, 5.74) is 1.58. The molecule has 1 aromatic carbocycles. The summed E-state index contributed by atoms with van der Waals surface area (Å²) in [5, 5.41) is 6.67. The summed E-state index contributed by atoms with van der Waals surface area (Å²) in [5.74, 6) is 1.23. The van der Waals surface area contributed by atoms with E-state index >= 15 is 0 Å². The second-order valence-electron chi connectivity index (χ2n) is 5.57. The summed E-state index contributed by atoms with van der Waals surface area (Å²) in [6.45, 7) is 3.87. The van der Waals surface area contributed by atoms with Crippen LogP contribution in [0, 0.1) is 0 Å². The minimum Gasteiger partial charge on any atom is -0.497 e. The molecule has 1 aromatic heterocycles. The molecule has 1 atom stereocenters. The van der Waals surface area contributed by atoms with Crippen molar-refractivity contribution in [1.82, 2.24) is 15.3 Å². The number of carbonyl (C=O) groups excluding carboxylic acids is 1. The Morgan fingerprint density at radius 2 is 2.36 bits per heavy atom. The molecule has 2 N–H and O–H groups in total. The molecule has 0 aliphatic carbocycles. The van der Waals surface area contributed by atoms with E-state index in [0.717, 1.165) is 22.5 Å². The molecule has 0 saturated heterocycles. The van der Waals surface area contributed by atoms with Crippen LogP contribution in [0.1, 0.15) is 26.1 Å². The predicted octanol–water partition coefficient (Wildman–Crippen LogP) is 1.74. The topological polar surface area (TPSA) is 88.6 Å². The van der Waals surface area contributed by atoms with Crippen LogP contribution in [0.4, 0.5) is 0 Å². The van der Waals surface area contributed by atoms with E-state index in [1.807, 2.05) is 25.1 Å². The Labute approximate surface area is 127 Å². The van der Waals surface area contributed by atoms with E-state index in [0.29, 0.717) is 18.8 Å². The van der Waals surface area contributed by atoms with Crippen LogP contribution in [0.3, 0.4) is 0 Å². The average molecular weight is 302 g/mol. The van der Waals surface area contributed by atoms with Crippen molar-refractivity contribution in [3.05, 3.63) is 24.0 Å². The number of rotatable bonds is 4. The van der Waals surface area contributed by atoms with Crippen LogP contribution in [-0.4, -0.2) is 34.3 Å². The summed E-state index contributed by atoms with van der Waals surface area (Å²) < 4.78 is 5.17. The largest absolute Gasteiger partial charge is 0.497 e. The van der Waals surface area contributed by atoms with Gasteiger partial charge in [0, 0.05) is 12.5 Å². The molecule has 0 radical (unpaired) electrons. The maximum absolute atomic E-state index is 12.2. The number of amides is 1. The Morgan fingerprint density at radius 1 is 1.55 bits per heavy atom. The smallest absolute Gasteiger partial charge is 0.267 e. The molecule has 7 nitrogen and oxygen atoms in total. The van der Waals surface area contributed by atoms with Crippen molar-refractivity contribution in [2.45, 2.75) is 32.4 Å². The first-order valence-corrected chi connectivity index (χ1v) is 7.03. The van der Waals surface area contributed by atoms with Gasteiger partial charge in [0.2, 0.25) is 5.60 Å². The van der Waals surface area contributed by atoms with Gasteiger partial charge in [-0.2, -0.15) is 0 Å². The van der Waals surface area contributed by atoms with Crippen molar-refractivity contribution in [3.63, 3.8) is 0 Å². The van der Waals surface area contributed by atoms with Gasteiger partial charge in [0.15, 0.2) is 0 Å². The lowest BCUT2D eigenvalue weighted by molar-refractivity contribution is -0.141. The summed E-state index contributed by atoms with van der Waals surface area (Å²) in [6, 6.07) is 5.58. The fraction of sp³-hybridized carbons (Fsp3) is 0.400. The molecule has 22 heavy (non-hydrogen) atoms. The molecule has 1 aliphatic heterocycles. The minimum absolute atomic E-state index is 0.203. The molecular formula is C15H18N4O3. The van der Waals surface area contributed by atoms with Gasteiger partial charge in [0.05, 0.1) is 30.4 Å². The van der Waals surface area contributed by atoms with E-state index in [1.165, 1.54) is 0 Å². The molecule has 7 heteroatoms. The molecule has 2 heterocycles. The molecule has 1 aliphatic rings. The van der Waals surface area contributed by atoms with Crippen LogP contribution in [0.5, 0.6) is 5.75 Å². The first-order valence-electron chi connectivity index (χ1n) is 7.03. The molecule has 0 fully saturated rings. The molecule has 1 amide bonds. The van der Waals surface area contributed by atoms with Crippen LogP contribution in [-0.2, 0) is 16.2 Å². The van der Waals surface area contributed by atoms with Crippen molar-refractivity contribution in [2.24, 2.45) is 5.16 Å². The Balaban J connectivity index is 1.67. The second-order valence-corrected chi connectivity index (χ2v) is 5.57. The van der Waals surface area contributed by atoms with Crippen LogP contribution in [0.15, 0.2) is 23.4 Å². The van der Waals surface area contributed by atoms with Gasteiger partial charge >= 0.3 is 0 Å². The van der Waals surface area contributed by atoms with Gasteiger partial charge in [-0.05, 0) is 26.0 Å². The van der Waals surface area contributed by atoms with Gasteiger partial charge in [-0.15, -0.1) is 0 Å². The summed E-state index contributed by atoms with van der Waals surface area (Å²) >= 11 is 0. The number of carbonyl (C=O) groups is 1.